The van der Waals surface area contributed by atoms with E-state index < -0.39 is 0 Å². The first-order valence-electron chi connectivity index (χ1n) is 5.68. The second kappa shape index (κ2) is 4.26. The van der Waals surface area contributed by atoms with Crippen molar-refractivity contribution < 1.29 is 0 Å². The van der Waals surface area contributed by atoms with Crippen molar-refractivity contribution in [3.05, 3.63) is 35.8 Å². The molecule has 1 fully saturated rings. The third-order valence-electron chi connectivity index (χ3n) is 3.04. The fraction of sp³-hybridized carbons (Fsp3) is 0.308. The van der Waals surface area contributed by atoms with Gasteiger partial charge >= 0.3 is 0 Å². The van der Waals surface area contributed by atoms with Crippen molar-refractivity contribution in [3.8, 4) is 10.6 Å². The van der Waals surface area contributed by atoms with Gasteiger partial charge in [0.1, 0.15) is 5.01 Å². The first kappa shape index (κ1) is 9.85. The Morgan fingerprint density at radius 2 is 2.00 bits per heavy atom. The van der Waals surface area contributed by atoms with Gasteiger partial charge in [-0.3, -0.25) is 0 Å². The van der Waals surface area contributed by atoms with Crippen molar-refractivity contribution in [1.29, 1.82) is 0 Å². The van der Waals surface area contributed by atoms with Gasteiger partial charge in [0.25, 0.3) is 0 Å². The molecule has 1 aliphatic rings. The summed E-state index contributed by atoms with van der Waals surface area (Å²) >= 11 is 1.68. The number of hydrogen-bond acceptors (Lipinski definition) is 3. The average Bonchev–Trinajstić information content (AvgIpc) is 2.78. The summed E-state index contributed by atoms with van der Waals surface area (Å²) in [6.07, 6.45) is 5.85. The van der Waals surface area contributed by atoms with E-state index in [1.54, 1.807) is 11.3 Å². The summed E-state index contributed by atoms with van der Waals surface area (Å²) in [6.45, 7) is 0. The monoisotopic (exact) mass is 230 g/mol. The molecule has 2 nitrogen and oxygen atoms in total. The van der Waals surface area contributed by atoms with Crippen LogP contribution in [0.15, 0.2) is 35.8 Å². The Bertz CT molecular complexity index is 443. The van der Waals surface area contributed by atoms with Gasteiger partial charge in [0, 0.05) is 28.9 Å². The maximum absolute atomic E-state index is 4.30. The molecule has 0 atom stereocenters. The van der Waals surface area contributed by atoms with Crippen LogP contribution in [0.25, 0.3) is 10.6 Å². The van der Waals surface area contributed by atoms with Gasteiger partial charge in [-0.15, -0.1) is 11.3 Å². The molecule has 0 bridgehead atoms. The zero-order valence-electron chi connectivity index (χ0n) is 9.02. The van der Waals surface area contributed by atoms with Gasteiger partial charge in [0.2, 0.25) is 0 Å². The lowest BCUT2D eigenvalue weighted by Crippen LogP contribution is -2.26. The van der Waals surface area contributed by atoms with Gasteiger partial charge in [0.05, 0.1) is 0 Å². The van der Waals surface area contributed by atoms with E-state index in [4.69, 9.17) is 0 Å². The van der Waals surface area contributed by atoms with E-state index in [0.717, 1.165) is 5.01 Å². The lowest BCUT2D eigenvalue weighted by molar-refractivity contribution is 0.445. The quantitative estimate of drug-likeness (QED) is 0.868. The Hall–Kier alpha value is -1.35. The summed E-state index contributed by atoms with van der Waals surface area (Å²) in [4.78, 5) is 4.30. The topological polar surface area (TPSA) is 24.9 Å². The van der Waals surface area contributed by atoms with Crippen molar-refractivity contribution in [2.75, 3.05) is 5.32 Å². The molecule has 1 aromatic heterocycles. The number of aromatic nitrogens is 1. The van der Waals surface area contributed by atoms with Crippen molar-refractivity contribution in [2.24, 2.45) is 0 Å². The summed E-state index contributed by atoms with van der Waals surface area (Å²) < 4.78 is 0. The minimum atomic E-state index is 0.700. The van der Waals surface area contributed by atoms with Crippen LogP contribution in [0.2, 0.25) is 0 Å². The zero-order chi connectivity index (χ0) is 10.8. The molecule has 0 saturated heterocycles. The van der Waals surface area contributed by atoms with Gasteiger partial charge in [-0.1, -0.05) is 0 Å². The fourth-order valence-electron chi connectivity index (χ4n) is 1.86. The van der Waals surface area contributed by atoms with Crippen molar-refractivity contribution in [3.63, 3.8) is 0 Å². The number of benzene rings is 1. The molecule has 1 N–H and O–H groups in total. The average molecular weight is 230 g/mol. The number of nitrogens with one attached hydrogen (secondary N) is 1. The molecule has 1 heterocycles. The maximum Gasteiger partial charge on any atom is 0.123 e. The van der Waals surface area contributed by atoms with E-state index in [1.165, 1.54) is 30.5 Å². The lowest BCUT2D eigenvalue weighted by atomic mass is 9.93. The second-order valence-electron chi connectivity index (χ2n) is 4.19. The van der Waals surface area contributed by atoms with Crippen LogP contribution in [0.4, 0.5) is 5.69 Å². The summed E-state index contributed by atoms with van der Waals surface area (Å²) in [5.41, 5.74) is 2.43. The Morgan fingerprint density at radius 3 is 2.56 bits per heavy atom. The van der Waals surface area contributed by atoms with Crippen LogP contribution in [0, 0.1) is 0 Å². The van der Waals surface area contributed by atoms with Gasteiger partial charge in [-0.25, -0.2) is 4.98 Å². The van der Waals surface area contributed by atoms with Crippen LogP contribution in [-0.2, 0) is 0 Å². The zero-order valence-corrected chi connectivity index (χ0v) is 9.83. The fourth-order valence-corrected chi connectivity index (χ4v) is 2.51. The Labute approximate surface area is 99.4 Å². The van der Waals surface area contributed by atoms with Crippen LogP contribution in [0.3, 0.4) is 0 Å². The normalized spacial score (nSPS) is 15.8. The largest absolute Gasteiger partial charge is 0.382 e. The van der Waals surface area contributed by atoms with Crippen LogP contribution >= 0.6 is 11.3 Å². The molecule has 82 valence electrons. The predicted molar refractivity (Wildman–Crippen MR) is 68.8 cm³/mol. The van der Waals surface area contributed by atoms with E-state index in [0.29, 0.717) is 6.04 Å². The van der Waals surface area contributed by atoms with Crippen molar-refractivity contribution in [1.82, 2.24) is 4.98 Å². The Kier molecular flexibility index (Phi) is 2.62. The summed E-state index contributed by atoms with van der Waals surface area (Å²) in [7, 11) is 0. The minimum Gasteiger partial charge on any atom is -0.382 e. The lowest BCUT2D eigenvalue weighted by Gasteiger charge is -2.27. The molecule has 2 aromatic rings. The standard InChI is InChI=1S/C13H14N2S/c1-2-11(3-1)15-12-6-4-10(5-7-12)13-14-8-9-16-13/h4-9,11,15H,1-3H2. The highest BCUT2D eigenvalue weighted by Gasteiger charge is 2.16. The first-order chi connectivity index (χ1) is 7.92. The van der Waals surface area contributed by atoms with Crippen molar-refractivity contribution in [2.45, 2.75) is 25.3 Å². The van der Waals surface area contributed by atoms with Gasteiger partial charge in [0.15, 0.2) is 0 Å². The first-order valence-corrected chi connectivity index (χ1v) is 6.56. The minimum absolute atomic E-state index is 0.700. The summed E-state index contributed by atoms with van der Waals surface area (Å²) in [5.74, 6) is 0. The van der Waals surface area contributed by atoms with Gasteiger partial charge < -0.3 is 5.32 Å². The summed E-state index contributed by atoms with van der Waals surface area (Å²) in [5, 5.41) is 6.64. The highest BCUT2D eigenvalue weighted by atomic mass is 32.1. The molecule has 3 rings (SSSR count). The molecule has 1 saturated carbocycles. The molecule has 1 aliphatic carbocycles. The molecule has 0 amide bonds. The molecule has 16 heavy (non-hydrogen) atoms. The molecule has 0 aliphatic heterocycles. The Balaban J connectivity index is 1.74. The molecule has 3 heteroatoms. The number of thiazole rings is 1. The molecular formula is C13H14N2S. The number of hydrogen-bond donors (Lipinski definition) is 1. The van der Waals surface area contributed by atoms with E-state index in [9.17, 15) is 0 Å². The summed E-state index contributed by atoms with van der Waals surface area (Å²) in [6, 6.07) is 9.27. The van der Waals surface area contributed by atoms with Gasteiger partial charge in [-0.2, -0.15) is 0 Å². The van der Waals surface area contributed by atoms with Crippen LogP contribution in [-0.4, -0.2) is 11.0 Å². The second-order valence-corrected chi connectivity index (χ2v) is 5.08. The predicted octanol–water partition coefficient (Wildman–Crippen LogP) is 3.77. The van der Waals surface area contributed by atoms with Crippen LogP contribution in [0.5, 0.6) is 0 Å². The third-order valence-corrected chi connectivity index (χ3v) is 3.86. The van der Waals surface area contributed by atoms with E-state index in [2.05, 4.69) is 34.6 Å². The highest BCUT2D eigenvalue weighted by Crippen LogP contribution is 2.26. The molecule has 1 aromatic carbocycles. The van der Waals surface area contributed by atoms with E-state index >= 15 is 0 Å². The molecular weight excluding hydrogens is 216 g/mol. The molecule has 0 radical (unpaired) electrons. The number of rotatable bonds is 3. The SMILES string of the molecule is c1csc(-c2ccc(NC3CCC3)cc2)n1. The van der Waals surface area contributed by atoms with Gasteiger partial charge in [-0.05, 0) is 43.5 Å². The van der Waals surface area contributed by atoms with Crippen LogP contribution in [0.1, 0.15) is 19.3 Å². The van der Waals surface area contributed by atoms with E-state index in [1.807, 2.05) is 11.6 Å². The Morgan fingerprint density at radius 1 is 1.19 bits per heavy atom. The van der Waals surface area contributed by atoms with Crippen LogP contribution < -0.4 is 5.32 Å². The van der Waals surface area contributed by atoms with E-state index in [-0.39, 0.29) is 0 Å². The number of nitrogens with zero attached hydrogens (tertiary/aromatic N) is 1. The molecule has 0 spiro atoms. The van der Waals surface area contributed by atoms with Crippen molar-refractivity contribution >= 4 is 17.0 Å². The smallest absolute Gasteiger partial charge is 0.123 e. The maximum atomic E-state index is 4.30. The number of anilines is 1. The third kappa shape index (κ3) is 1.95. The highest BCUT2D eigenvalue weighted by molar-refractivity contribution is 7.13. The molecule has 0 unspecified atom stereocenters.